The van der Waals surface area contributed by atoms with E-state index in [0.717, 1.165) is 17.0 Å². The Balaban J connectivity index is 2.47. The highest BCUT2D eigenvalue weighted by molar-refractivity contribution is 7.92. The predicted octanol–water partition coefficient (Wildman–Crippen LogP) is 3.64. The van der Waals surface area contributed by atoms with Gasteiger partial charge in [0.05, 0.1) is 11.9 Å². The van der Waals surface area contributed by atoms with E-state index in [9.17, 15) is 22.8 Å². The second kappa shape index (κ2) is 12.7. The van der Waals surface area contributed by atoms with E-state index in [4.69, 9.17) is 11.6 Å². The van der Waals surface area contributed by atoms with Crippen LogP contribution in [0.2, 0.25) is 5.02 Å². The molecule has 0 saturated carbocycles. The van der Waals surface area contributed by atoms with Crippen molar-refractivity contribution in [2.45, 2.75) is 46.2 Å². The summed E-state index contributed by atoms with van der Waals surface area (Å²) in [6, 6.07) is 12.2. The average Bonchev–Trinajstić information content (AvgIpc) is 2.81. The molecule has 2 amide bonds. The van der Waals surface area contributed by atoms with Crippen LogP contribution in [0.4, 0.5) is 5.69 Å². The number of halogens is 1. The van der Waals surface area contributed by atoms with Crippen LogP contribution in [0.15, 0.2) is 48.5 Å². The second-order valence-corrected chi connectivity index (χ2v) is 10.5. The van der Waals surface area contributed by atoms with Crippen LogP contribution in [0.5, 0.6) is 0 Å². The summed E-state index contributed by atoms with van der Waals surface area (Å²) >= 11 is 6.33. The fraction of sp³-hybridized carbons (Fsp3) is 0.400. The fourth-order valence-electron chi connectivity index (χ4n) is 3.59. The number of hydrogen-bond donors (Lipinski definition) is 1. The lowest BCUT2D eigenvalue weighted by Gasteiger charge is -2.33. The van der Waals surface area contributed by atoms with Crippen LogP contribution in [0.1, 0.15) is 49.5 Å². The number of carbonyl (C=O) groups is 3. The number of anilines is 1. The predicted molar refractivity (Wildman–Crippen MR) is 138 cm³/mol. The van der Waals surface area contributed by atoms with Crippen LogP contribution in [0.3, 0.4) is 0 Å². The third kappa shape index (κ3) is 7.80. The molecule has 2 aromatic rings. The first-order valence-corrected chi connectivity index (χ1v) is 13.6. The molecule has 0 radical (unpaired) electrons. The van der Waals surface area contributed by atoms with Gasteiger partial charge in [-0.25, -0.2) is 8.42 Å². The van der Waals surface area contributed by atoms with E-state index in [1.54, 1.807) is 43.3 Å². The molecule has 0 fully saturated rings. The number of nitrogens with zero attached hydrogens (tertiary/aromatic N) is 2. The molecule has 1 N–H and O–H groups in total. The lowest BCUT2D eigenvalue weighted by Crippen LogP contribution is -2.52. The van der Waals surface area contributed by atoms with Gasteiger partial charge >= 0.3 is 0 Å². The first kappa shape index (κ1) is 28.3. The molecular formula is C25H32ClN3O5S. The van der Waals surface area contributed by atoms with Crippen molar-refractivity contribution in [2.75, 3.05) is 23.7 Å². The van der Waals surface area contributed by atoms with Gasteiger partial charge in [0.15, 0.2) is 5.78 Å². The molecule has 1 atom stereocenters. The number of rotatable bonds is 12. The standard InChI is InChI=1S/C25H32ClN3O5S/c1-5-14-27-25(32)23(6-2)28(16-20-10-7-8-13-22(20)26)24(31)17-29(35(4,33)34)21-12-9-11-19(15-21)18(3)30/h7-13,15,23H,5-6,14,16-17H2,1-4H3,(H,27,32)/t23-/m1/s1. The highest BCUT2D eigenvalue weighted by atomic mass is 35.5. The number of nitrogens with one attached hydrogen (secondary N) is 1. The van der Waals surface area contributed by atoms with Crippen molar-refractivity contribution < 1.29 is 22.8 Å². The first-order chi connectivity index (χ1) is 16.5. The zero-order chi connectivity index (χ0) is 26.2. The number of amides is 2. The number of benzene rings is 2. The Morgan fingerprint density at radius 1 is 1.06 bits per heavy atom. The third-order valence-electron chi connectivity index (χ3n) is 5.45. The first-order valence-electron chi connectivity index (χ1n) is 11.4. The van der Waals surface area contributed by atoms with Crippen molar-refractivity contribution in [1.82, 2.24) is 10.2 Å². The van der Waals surface area contributed by atoms with Gasteiger partial charge in [-0.1, -0.05) is 55.8 Å². The van der Waals surface area contributed by atoms with Gasteiger partial charge in [0.25, 0.3) is 0 Å². The normalized spacial score (nSPS) is 12.0. The summed E-state index contributed by atoms with van der Waals surface area (Å²) in [7, 11) is -3.89. The zero-order valence-corrected chi connectivity index (χ0v) is 22.0. The molecule has 2 rings (SSSR count). The molecule has 0 heterocycles. The molecule has 0 unspecified atom stereocenters. The van der Waals surface area contributed by atoms with E-state index in [-0.39, 0.29) is 23.9 Å². The molecule has 2 aromatic carbocycles. The van der Waals surface area contributed by atoms with Gasteiger partial charge in [0, 0.05) is 23.7 Å². The molecule has 190 valence electrons. The third-order valence-corrected chi connectivity index (χ3v) is 6.96. The molecular weight excluding hydrogens is 490 g/mol. The van der Waals surface area contributed by atoms with E-state index in [1.807, 2.05) is 6.92 Å². The SMILES string of the molecule is CCCNC(=O)[C@@H](CC)N(Cc1ccccc1Cl)C(=O)CN(c1cccc(C(C)=O)c1)S(C)(=O)=O. The van der Waals surface area contributed by atoms with E-state index in [1.165, 1.54) is 24.0 Å². The molecule has 0 saturated heterocycles. The molecule has 10 heteroatoms. The monoisotopic (exact) mass is 521 g/mol. The Bertz CT molecular complexity index is 1170. The van der Waals surface area contributed by atoms with E-state index in [0.29, 0.717) is 29.1 Å². The molecule has 0 spiro atoms. The van der Waals surface area contributed by atoms with E-state index < -0.39 is 28.5 Å². The van der Waals surface area contributed by atoms with E-state index in [2.05, 4.69) is 5.32 Å². The van der Waals surface area contributed by atoms with Gasteiger partial charge < -0.3 is 10.2 Å². The van der Waals surface area contributed by atoms with Crippen molar-refractivity contribution in [3.05, 3.63) is 64.7 Å². The zero-order valence-electron chi connectivity index (χ0n) is 20.5. The average molecular weight is 522 g/mol. The summed E-state index contributed by atoms with van der Waals surface area (Å²) < 4.78 is 26.3. The summed E-state index contributed by atoms with van der Waals surface area (Å²) in [6.07, 6.45) is 2.05. The van der Waals surface area contributed by atoms with Crippen molar-refractivity contribution in [3.63, 3.8) is 0 Å². The summed E-state index contributed by atoms with van der Waals surface area (Å²) in [5, 5.41) is 3.25. The lowest BCUT2D eigenvalue weighted by molar-refractivity contribution is -0.140. The van der Waals surface area contributed by atoms with Gasteiger partial charge in [-0.05, 0) is 43.5 Å². The maximum atomic E-state index is 13.6. The van der Waals surface area contributed by atoms with E-state index >= 15 is 0 Å². The highest BCUT2D eigenvalue weighted by Crippen LogP contribution is 2.23. The minimum absolute atomic E-state index is 0.0294. The molecule has 0 aliphatic heterocycles. The number of ketones is 1. The Labute approximate surface area is 212 Å². The smallest absolute Gasteiger partial charge is 0.244 e. The molecule has 0 aliphatic rings. The van der Waals surface area contributed by atoms with Crippen molar-refractivity contribution in [3.8, 4) is 0 Å². The largest absolute Gasteiger partial charge is 0.354 e. The van der Waals surface area contributed by atoms with Gasteiger partial charge in [-0.15, -0.1) is 0 Å². The summed E-state index contributed by atoms with van der Waals surface area (Å²) in [6.45, 7) is 5.03. The Hall–Kier alpha value is -2.91. The van der Waals surface area contributed by atoms with Gasteiger partial charge in [-0.2, -0.15) is 0 Å². The molecule has 0 aromatic heterocycles. The second-order valence-electron chi connectivity index (χ2n) is 8.20. The van der Waals surface area contributed by atoms with Crippen molar-refractivity contribution in [1.29, 1.82) is 0 Å². The summed E-state index contributed by atoms with van der Waals surface area (Å²) in [4.78, 5) is 39.7. The topological polar surface area (TPSA) is 104 Å². The Kier molecular flexibility index (Phi) is 10.3. The van der Waals surface area contributed by atoms with Gasteiger partial charge in [0.2, 0.25) is 21.8 Å². The van der Waals surface area contributed by atoms with Crippen molar-refractivity contribution >= 4 is 44.9 Å². The van der Waals surface area contributed by atoms with Crippen LogP contribution in [-0.2, 0) is 26.2 Å². The van der Waals surface area contributed by atoms with Crippen LogP contribution in [-0.4, -0.2) is 56.3 Å². The van der Waals surface area contributed by atoms with Crippen LogP contribution < -0.4 is 9.62 Å². The summed E-state index contributed by atoms with van der Waals surface area (Å²) in [5.41, 5.74) is 1.14. The van der Waals surface area contributed by atoms with Crippen LogP contribution in [0.25, 0.3) is 0 Å². The Morgan fingerprint density at radius 2 is 1.74 bits per heavy atom. The lowest BCUT2D eigenvalue weighted by atomic mass is 10.1. The molecule has 0 bridgehead atoms. The minimum Gasteiger partial charge on any atom is -0.354 e. The number of carbonyl (C=O) groups excluding carboxylic acids is 3. The highest BCUT2D eigenvalue weighted by Gasteiger charge is 2.32. The van der Waals surface area contributed by atoms with Crippen molar-refractivity contribution in [2.24, 2.45) is 0 Å². The fourth-order valence-corrected chi connectivity index (χ4v) is 4.63. The minimum atomic E-state index is -3.89. The van der Waals surface area contributed by atoms with Crippen LogP contribution in [0, 0.1) is 0 Å². The maximum absolute atomic E-state index is 13.6. The molecule has 35 heavy (non-hydrogen) atoms. The molecule has 0 aliphatic carbocycles. The van der Waals surface area contributed by atoms with Gasteiger partial charge in [0.1, 0.15) is 12.6 Å². The Morgan fingerprint density at radius 3 is 2.31 bits per heavy atom. The van der Waals surface area contributed by atoms with Crippen LogP contribution >= 0.6 is 11.6 Å². The number of Topliss-reactive ketones (excluding diaryl/α,β-unsaturated/α-hetero) is 1. The number of sulfonamides is 1. The summed E-state index contributed by atoms with van der Waals surface area (Å²) in [5.74, 6) is -1.12. The maximum Gasteiger partial charge on any atom is 0.244 e. The van der Waals surface area contributed by atoms with Gasteiger partial charge in [-0.3, -0.25) is 18.7 Å². The molecule has 8 nitrogen and oxygen atoms in total. The number of hydrogen-bond acceptors (Lipinski definition) is 5. The quantitative estimate of drug-likeness (QED) is 0.429.